The first-order valence-corrected chi connectivity index (χ1v) is 15.6. The highest BCUT2D eigenvalue weighted by atomic mass is 79.9. The first-order valence-electron chi connectivity index (χ1n) is 14.8. The number of carbonyl (C=O) groups excluding carboxylic acids is 1. The van der Waals surface area contributed by atoms with E-state index < -0.39 is 0 Å². The Morgan fingerprint density at radius 2 is 1.73 bits per heavy atom. The lowest BCUT2D eigenvalue weighted by molar-refractivity contribution is -0.437. The second-order valence-corrected chi connectivity index (χ2v) is 13.7. The highest BCUT2D eigenvalue weighted by molar-refractivity contribution is 9.10. The Hall–Kier alpha value is -2.92. The van der Waals surface area contributed by atoms with E-state index in [1.807, 2.05) is 12.2 Å². The van der Waals surface area contributed by atoms with Crippen LogP contribution in [-0.2, 0) is 15.6 Å². The number of hydrogen-bond donors (Lipinski definition) is 0. The smallest absolute Gasteiger partial charge is 0.209 e. The van der Waals surface area contributed by atoms with Crippen LogP contribution in [0.4, 0.5) is 11.4 Å². The summed E-state index contributed by atoms with van der Waals surface area (Å²) in [6.45, 7) is 11.8. The lowest BCUT2D eigenvalue weighted by Gasteiger charge is -2.38. The molecule has 0 bridgehead atoms. The fourth-order valence-corrected chi connectivity index (χ4v) is 7.67. The Balaban J connectivity index is 1.44. The SMILES string of the molecule is CCC[N+]1=C(/C=C2/C(=O)C(/C=C3/N(C4CCCCC4)c4ccc(Br)cc4C3(C)C)=C2[O-])C(C)(C)c2ccccc21. The van der Waals surface area contributed by atoms with E-state index in [1.54, 1.807) is 0 Å². The summed E-state index contributed by atoms with van der Waals surface area (Å²) in [5, 5.41) is 13.7. The summed E-state index contributed by atoms with van der Waals surface area (Å²) in [5.41, 5.74) is 6.98. The molecule has 40 heavy (non-hydrogen) atoms. The van der Waals surface area contributed by atoms with Crippen molar-refractivity contribution >= 4 is 38.8 Å². The van der Waals surface area contributed by atoms with Crippen molar-refractivity contribution in [3.63, 3.8) is 0 Å². The molecule has 0 saturated heterocycles. The molecule has 2 aromatic carbocycles. The lowest BCUT2D eigenvalue weighted by Crippen LogP contribution is -2.38. The van der Waals surface area contributed by atoms with Crippen LogP contribution < -0.4 is 10.0 Å². The van der Waals surface area contributed by atoms with Gasteiger partial charge in [0.05, 0.1) is 5.41 Å². The number of rotatable bonds is 5. The second kappa shape index (κ2) is 9.87. The molecule has 4 nitrogen and oxygen atoms in total. The van der Waals surface area contributed by atoms with Gasteiger partial charge in [0.25, 0.3) is 0 Å². The molecule has 0 aromatic heterocycles. The van der Waals surface area contributed by atoms with Gasteiger partial charge in [-0.15, -0.1) is 0 Å². The van der Waals surface area contributed by atoms with Gasteiger partial charge in [0, 0.05) is 62.6 Å². The highest BCUT2D eigenvalue weighted by Gasteiger charge is 2.46. The number of benzene rings is 2. The van der Waals surface area contributed by atoms with E-state index in [-0.39, 0.29) is 22.4 Å². The van der Waals surface area contributed by atoms with E-state index in [2.05, 4.69) is 102 Å². The quantitative estimate of drug-likeness (QED) is 0.266. The van der Waals surface area contributed by atoms with Gasteiger partial charge in [0.15, 0.2) is 11.5 Å². The maximum Gasteiger partial charge on any atom is 0.209 e. The molecule has 2 aliphatic heterocycles. The number of ketones is 1. The molecule has 2 aromatic rings. The standard InChI is InChI=1S/C35H39BrN2O2/c1-6-18-37-28-15-11-10-14-26(28)34(2,3)30(37)20-24-32(39)25(33(24)40)21-31-35(4,5)27-19-22(36)16-17-29(27)38(31)23-12-8-7-9-13-23/h10-11,14-17,19-21,23H,6-9,12-13,18H2,1-5H3. The Labute approximate surface area is 246 Å². The molecular weight excluding hydrogens is 560 g/mol. The lowest BCUT2D eigenvalue weighted by atomic mass is 9.77. The normalized spacial score (nSPS) is 23.8. The van der Waals surface area contributed by atoms with Crippen LogP contribution in [0.2, 0.25) is 0 Å². The average Bonchev–Trinajstić information content (AvgIpc) is 3.29. The van der Waals surface area contributed by atoms with Crippen molar-refractivity contribution in [2.45, 2.75) is 90.0 Å². The van der Waals surface area contributed by atoms with Gasteiger partial charge in [0.1, 0.15) is 6.54 Å². The van der Waals surface area contributed by atoms with Gasteiger partial charge in [-0.3, -0.25) is 4.79 Å². The van der Waals surface area contributed by atoms with Gasteiger partial charge in [-0.1, -0.05) is 79.9 Å². The summed E-state index contributed by atoms with van der Waals surface area (Å²) in [6, 6.07) is 15.3. The summed E-state index contributed by atoms with van der Waals surface area (Å²) in [4.78, 5) is 16.1. The Kier molecular flexibility index (Phi) is 6.72. The maximum absolute atomic E-state index is 13.7. The third-order valence-electron chi connectivity index (χ3n) is 9.52. The molecule has 0 atom stereocenters. The van der Waals surface area contributed by atoms with Crippen molar-refractivity contribution in [2.75, 3.05) is 11.4 Å². The van der Waals surface area contributed by atoms with E-state index in [0.29, 0.717) is 17.2 Å². The molecule has 2 aliphatic carbocycles. The van der Waals surface area contributed by atoms with Gasteiger partial charge in [-0.05, 0) is 56.5 Å². The number of para-hydroxylation sites is 1. The molecule has 2 heterocycles. The topological polar surface area (TPSA) is 46.4 Å². The zero-order chi connectivity index (χ0) is 28.4. The molecule has 4 aliphatic rings. The minimum atomic E-state index is -0.314. The third-order valence-corrected chi connectivity index (χ3v) is 10.0. The van der Waals surface area contributed by atoms with E-state index in [4.69, 9.17) is 0 Å². The van der Waals surface area contributed by atoms with Crippen LogP contribution in [0.3, 0.4) is 0 Å². The zero-order valence-electron chi connectivity index (χ0n) is 24.3. The van der Waals surface area contributed by atoms with Crippen LogP contribution in [-0.4, -0.2) is 28.7 Å². The van der Waals surface area contributed by atoms with Crippen LogP contribution in [0.5, 0.6) is 0 Å². The average molecular weight is 600 g/mol. The van der Waals surface area contributed by atoms with E-state index in [9.17, 15) is 9.90 Å². The molecular formula is C35H39BrN2O2. The maximum atomic E-state index is 13.7. The predicted octanol–water partition coefficient (Wildman–Crippen LogP) is 7.37. The van der Waals surface area contributed by atoms with Crippen molar-refractivity contribution in [1.29, 1.82) is 0 Å². The highest BCUT2D eigenvalue weighted by Crippen LogP contribution is 2.52. The Bertz CT molecular complexity index is 1530. The van der Waals surface area contributed by atoms with Crippen LogP contribution in [0, 0.1) is 0 Å². The number of fused-ring (bicyclic) bond motifs is 2. The first kappa shape index (κ1) is 27.3. The molecule has 0 unspecified atom stereocenters. The number of halogens is 1. The molecule has 0 amide bonds. The summed E-state index contributed by atoms with van der Waals surface area (Å²) in [5.74, 6) is -0.269. The van der Waals surface area contributed by atoms with Crippen LogP contribution >= 0.6 is 15.9 Å². The number of Topliss-reactive ketones (excluding diaryl/α,β-unsaturated/α-hetero) is 1. The van der Waals surface area contributed by atoms with Crippen molar-refractivity contribution in [3.05, 3.63) is 92.8 Å². The van der Waals surface area contributed by atoms with E-state index in [1.165, 1.54) is 41.8 Å². The van der Waals surface area contributed by atoms with Crippen LogP contribution in [0.1, 0.15) is 84.3 Å². The molecule has 1 saturated carbocycles. The number of anilines is 1. The van der Waals surface area contributed by atoms with Crippen LogP contribution in [0.25, 0.3) is 0 Å². The number of nitrogens with zero attached hydrogens (tertiary/aromatic N) is 2. The number of allylic oxidation sites excluding steroid dienone is 5. The minimum absolute atomic E-state index is 0.135. The van der Waals surface area contributed by atoms with Gasteiger partial charge in [0.2, 0.25) is 5.69 Å². The Morgan fingerprint density at radius 1 is 1.00 bits per heavy atom. The molecule has 1 fully saturated rings. The second-order valence-electron chi connectivity index (χ2n) is 12.8. The molecule has 6 rings (SSSR count). The van der Waals surface area contributed by atoms with Gasteiger partial charge in [-0.2, -0.15) is 4.58 Å². The summed E-state index contributed by atoms with van der Waals surface area (Å²) in [7, 11) is 0. The first-order chi connectivity index (χ1) is 19.1. The van der Waals surface area contributed by atoms with Crippen molar-refractivity contribution in [3.8, 4) is 0 Å². The predicted molar refractivity (Wildman–Crippen MR) is 164 cm³/mol. The molecule has 208 valence electrons. The minimum Gasteiger partial charge on any atom is -0.871 e. The van der Waals surface area contributed by atoms with Crippen molar-refractivity contribution < 1.29 is 14.5 Å². The van der Waals surface area contributed by atoms with Crippen molar-refractivity contribution in [1.82, 2.24) is 0 Å². The van der Waals surface area contributed by atoms with Gasteiger partial charge >= 0.3 is 0 Å². The Morgan fingerprint density at radius 3 is 2.42 bits per heavy atom. The molecule has 0 spiro atoms. The van der Waals surface area contributed by atoms with Gasteiger partial charge in [-0.25, -0.2) is 0 Å². The summed E-state index contributed by atoms with van der Waals surface area (Å²) < 4.78 is 3.34. The van der Waals surface area contributed by atoms with Crippen molar-refractivity contribution in [2.24, 2.45) is 0 Å². The fourth-order valence-electron chi connectivity index (χ4n) is 7.31. The summed E-state index contributed by atoms with van der Waals surface area (Å²) in [6.07, 6.45) is 10.8. The molecule has 0 radical (unpaired) electrons. The molecule has 5 heteroatoms. The number of hydrogen-bond acceptors (Lipinski definition) is 3. The van der Waals surface area contributed by atoms with Gasteiger partial charge < -0.3 is 10.0 Å². The monoisotopic (exact) mass is 598 g/mol. The van der Waals surface area contributed by atoms with E-state index in [0.717, 1.165) is 41.7 Å². The molecule has 0 N–H and O–H groups in total. The van der Waals surface area contributed by atoms with Crippen LogP contribution in [0.15, 0.2) is 81.7 Å². The fraction of sp³-hybridized carbons (Fsp3) is 0.429. The zero-order valence-corrected chi connectivity index (χ0v) is 25.9. The summed E-state index contributed by atoms with van der Waals surface area (Å²) >= 11 is 3.67. The third kappa shape index (κ3) is 4.07. The van der Waals surface area contributed by atoms with E-state index >= 15 is 0 Å². The number of carbonyl (C=O) groups is 1. The largest absolute Gasteiger partial charge is 0.871 e.